The van der Waals surface area contributed by atoms with Crippen molar-refractivity contribution >= 4 is 106 Å². The molecule has 0 spiro atoms. The molecule has 238 valence electrons. The highest BCUT2D eigenvalue weighted by atomic mass is 127. The lowest BCUT2D eigenvalue weighted by Crippen LogP contribution is -2.21. The molecule has 0 aliphatic heterocycles. The van der Waals surface area contributed by atoms with E-state index in [1.807, 2.05) is 0 Å². The van der Waals surface area contributed by atoms with E-state index >= 15 is 0 Å². The van der Waals surface area contributed by atoms with E-state index in [0.717, 1.165) is 45.2 Å². The average Bonchev–Trinajstić information content (AvgIpc) is 2.72. The van der Waals surface area contributed by atoms with Crippen molar-refractivity contribution in [3.8, 4) is 22.6 Å². The van der Waals surface area contributed by atoms with Crippen molar-refractivity contribution in [2.24, 2.45) is 0 Å². The van der Waals surface area contributed by atoms with Gasteiger partial charge in [0, 0.05) is 11.1 Å². The van der Waals surface area contributed by atoms with Gasteiger partial charge in [-0.1, -0.05) is 0 Å². The summed E-state index contributed by atoms with van der Waals surface area (Å²) in [7, 11) is -36.3. The molecule has 0 aliphatic carbocycles. The van der Waals surface area contributed by atoms with Crippen molar-refractivity contribution < 1.29 is 87.3 Å². The first-order chi connectivity index (χ1) is 18.5. The van der Waals surface area contributed by atoms with E-state index < -0.39 is 120 Å². The zero-order valence-electron chi connectivity index (χ0n) is 19.6. The van der Waals surface area contributed by atoms with E-state index in [4.69, 9.17) is 0 Å². The topological polar surface area (TPSA) is 345 Å². The van der Waals surface area contributed by atoms with E-state index in [-0.39, 0.29) is 0 Å². The summed E-state index contributed by atoms with van der Waals surface area (Å²) in [6.45, 7) is 0. The zero-order chi connectivity index (χ0) is 33.3. The molecule has 0 bridgehead atoms. The first kappa shape index (κ1) is 37.1. The van der Waals surface area contributed by atoms with E-state index in [1.54, 1.807) is 0 Å². The number of benzene rings is 2. The summed E-state index contributed by atoms with van der Waals surface area (Å²) in [4.78, 5) is -13.3. The summed E-state index contributed by atoms with van der Waals surface area (Å²) in [5, 5.41) is 0. The molecule has 0 saturated heterocycles. The fourth-order valence-corrected chi connectivity index (χ4v) is 13.5. The zero-order valence-corrected chi connectivity index (χ0v) is 28.8. The largest absolute Gasteiger partial charge is 0.494 e. The quantitative estimate of drug-likeness (QED) is 0.143. The van der Waals surface area contributed by atoms with Gasteiger partial charge in [0.15, 0.2) is 11.5 Å². The van der Waals surface area contributed by atoms with Gasteiger partial charge in [0.05, 0.1) is 21.4 Å². The highest BCUT2D eigenvalue weighted by Gasteiger charge is 2.46. The molecule has 42 heavy (non-hydrogen) atoms. The van der Waals surface area contributed by atoms with Crippen molar-refractivity contribution in [1.82, 2.24) is 0 Å². The first-order valence-electron chi connectivity index (χ1n) is 9.17. The second kappa shape index (κ2) is 11.4. The SMILES string of the molecule is COc1c(I)c(S(=O)(=O)O)c(S(=O)(=O)O)c(-c2c(S(=O)(=O)O)c(OC)c(I)c(S(=O)(=O)O)c2S(=O)(=O)O)c1S(=O)(=O)O. The van der Waals surface area contributed by atoms with Crippen LogP contribution in [-0.2, 0) is 60.7 Å². The molecule has 2 aromatic carbocycles. The van der Waals surface area contributed by atoms with Gasteiger partial charge in [-0.3, -0.25) is 27.3 Å². The van der Waals surface area contributed by atoms with Crippen molar-refractivity contribution in [2.75, 3.05) is 14.2 Å². The summed E-state index contributed by atoms with van der Waals surface area (Å²) >= 11 is 1.62. The third-order valence-corrected chi connectivity index (χ3v) is 13.3. The highest BCUT2D eigenvalue weighted by molar-refractivity contribution is 14.1. The van der Waals surface area contributed by atoms with Crippen LogP contribution in [0.25, 0.3) is 11.1 Å². The molecule has 28 heteroatoms. The molecule has 0 amide bonds. The van der Waals surface area contributed by atoms with Gasteiger partial charge in [0.1, 0.15) is 29.4 Å². The number of hydrogen-bond donors (Lipinski definition) is 6. The van der Waals surface area contributed by atoms with Crippen LogP contribution < -0.4 is 9.47 Å². The minimum atomic E-state index is -6.41. The van der Waals surface area contributed by atoms with E-state index in [0.29, 0.717) is 14.2 Å². The third-order valence-electron chi connectivity index (χ3n) is 4.74. The highest BCUT2D eigenvalue weighted by Crippen LogP contribution is 2.53. The van der Waals surface area contributed by atoms with Crippen molar-refractivity contribution in [3.63, 3.8) is 0 Å². The number of ether oxygens (including phenoxy) is 2. The smallest absolute Gasteiger partial charge is 0.298 e. The summed E-state index contributed by atoms with van der Waals surface area (Å²) in [5.74, 6) is -3.02. The number of rotatable bonds is 9. The number of halogens is 2. The normalized spacial score (nSPS) is 13.7. The Hall–Kier alpha value is -1.04. The monoisotopic (exact) mass is 946 g/mol. The molecule has 0 aliphatic rings. The second-order valence-corrected chi connectivity index (χ2v) is 17.6. The Labute approximate surface area is 264 Å². The van der Waals surface area contributed by atoms with Gasteiger partial charge in [-0.05, 0) is 45.2 Å². The van der Waals surface area contributed by atoms with Crippen molar-refractivity contribution in [3.05, 3.63) is 7.14 Å². The molecule has 2 aromatic rings. The van der Waals surface area contributed by atoms with Crippen LogP contribution in [0.3, 0.4) is 0 Å². The minimum Gasteiger partial charge on any atom is -0.494 e. The lowest BCUT2D eigenvalue weighted by atomic mass is 10.0. The number of hydrogen-bond acceptors (Lipinski definition) is 14. The summed E-state index contributed by atoms with van der Waals surface area (Å²) in [5.41, 5.74) is -4.66. The molecule has 0 saturated carbocycles. The molecular formula is C14H12I2O20S6. The van der Waals surface area contributed by atoms with Crippen molar-refractivity contribution in [1.29, 1.82) is 0 Å². The minimum absolute atomic E-state index is 0.516. The molecule has 0 aromatic heterocycles. The average molecular weight is 946 g/mol. The molecule has 0 fully saturated rings. The van der Waals surface area contributed by atoms with Gasteiger partial charge < -0.3 is 9.47 Å². The maximum absolute atomic E-state index is 12.6. The molecule has 6 N–H and O–H groups in total. The van der Waals surface area contributed by atoms with Crippen LogP contribution >= 0.6 is 45.2 Å². The fourth-order valence-electron chi connectivity index (χ4n) is 3.53. The Kier molecular flexibility index (Phi) is 10.1. The molecule has 0 heterocycles. The summed E-state index contributed by atoms with van der Waals surface area (Å²) in [6, 6.07) is 0. The van der Waals surface area contributed by atoms with Crippen LogP contribution in [-0.4, -0.2) is 92.0 Å². The summed E-state index contributed by atoms with van der Waals surface area (Å²) < 4.78 is 216. The van der Waals surface area contributed by atoms with Gasteiger partial charge in [-0.15, -0.1) is 0 Å². The lowest BCUT2D eigenvalue weighted by Gasteiger charge is -2.24. The van der Waals surface area contributed by atoms with Crippen LogP contribution in [0.5, 0.6) is 11.5 Å². The fraction of sp³-hybridized carbons (Fsp3) is 0.143. The van der Waals surface area contributed by atoms with E-state index in [9.17, 15) is 77.8 Å². The van der Waals surface area contributed by atoms with Crippen LogP contribution in [0.1, 0.15) is 0 Å². The molecule has 0 radical (unpaired) electrons. The van der Waals surface area contributed by atoms with Crippen LogP contribution in [0.2, 0.25) is 0 Å². The third kappa shape index (κ3) is 6.79. The van der Waals surface area contributed by atoms with Gasteiger partial charge >= 0.3 is 0 Å². The van der Waals surface area contributed by atoms with E-state index in [1.165, 1.54) is 0 Å². The Morgan fingerprint density at radius 2 is 0.595 bits per heavy atom. The first-order valence-corrected chi connectivity index (χ1v) is 20.0. The second-order valence-electron chi connectivity index (χ2n) is 7.27. The van der Waals surface area contributed by atoms with Crippen LogP contribution in [0.15, 0.2) is 29.4 Å². The standard InChI is InChI=1S/C14H12I2O20S6/c1-35-7-5(15)13(41(29,30)31)11(39(23,24)25)3(9(7)37(17,18)19)4-10(38(20,21)22)8(36-2)6(16)14(42(32,33)34)12(4)40(26,27)28/h1-2H3,(H,17,18,19)(H,20,21,22)(H,23,24,25)(H,26,27,28)(H,29,30,31)(H,32,33,34). The molecule has 0 unspecified atom stereocenters. The maximum Gasteiger partial charge on any atom is 0.298 e. The van der Waals surface area contributed by atoms with E-state index in [2.05, 4.69) is 9.47 Å². The Bertz CT molecular complexity index is 2040. The molecular weight excluding hydrogens is 934 g/mol. The maximum atomic E-state index is 12.6. The van der Waals surface area contributed by atoms with Crippen LogP contribution in [0.4, 0.5) is 0 Å². The summed E-state index contributed by atoms with van der Waals surface area (Å²) in [6.07, 6.45) is 0. The Morgan fingerprint density at radius 3 is 0.738 bits per heavy atom. The predicted octanol–water partition coefficient (Wildman–Crippen LogP) is 0.0602. The van der Waals surface area contributed by atoms with Gasteiger partial charge in [0.25, 0.3) is 60.7 Å². The van der Waals surface area contributed by atoms with Gasteiger partial charge in [0.2, 0.25) is 0 Å². The van der Waals surface area contributed by atoms with Crippen molar-refractivity contribution in [2.45, 2.75) is 29.4 Å². The molecule has 0 atom stereocenters. The molecule has 2 rings (SSSR count). The lowest BCUT2D eigenvalue weighted by molar-refractivity contribution is 0.386. The van der Waals surface area contributed by atoms with Crippen LogP contribution in [0, 0.1) is 7.14 Å². The predicted molar refractivity (Wildman–Crippen MR) is 149 cm³/mol. The molecule has 20 nitrogen and oxygen atoms in total. The van der Waals surface area contributed by atoms with Gasteiger partial charge in [-0.2, -0.15) is 50.5 Å². The Morgan fingerprint density at radius 1 is 0.405 bits per heavy atom. The number of methoxy groups -OCH3 is 2. The van der Waals surface area contributed by atoms with Gasteiger partial charge in [-0.25, -0.2) is 0 Å². The Balaban J connectivity index is 4.10.